The molecule has 7 heteroatoms. The summed E-state index contributed by atoms with van der Waals surface area (Å²) in [5.41, 5.74) is 4.48. The molecular formula is C44H38FNO5. The number of carbonyl (C=O) groups excluding carboxylic acids is 1. The Bertz CT molecular complexity index is 2070. The van der Waals surface area contributed by atoms with Gasteiger partial charge in [-0.1, -0.05) is 115 Å². The van der Waals surface area contributed by atoms with E-state index in [-0.39, 0.29) is 43.5 Å². The molecule has 0 radical (unpaired) electrons. The van der Waals surface area contributed by atoms with Gasteiger partial charge in [0, 0.05) is 23.4 Å². The number of phenolic OH excluding ortho intramolecular Hbond substituents is 1. The van der Waals surface area contributed by atoms with Crippen molar-refractivity contribution in [3.8, 4) is 28.4 Å². The fourth-order valence-corrected chi connectivity index (χ4v) is 6.70. The highest BCUT2D eigenvalue weighted by molar-refractivity contribution is 6.09. The van der Waals surface area contributed by atoms with Crippen molar-refractivity contribution in [2.45, 2.75) is 37.6 Å². The summed E-state index contributed by atoms with van der Waals surface area (Å²) in [5.74, 6) is 0.543. The molecule has 7 rings (SSSR count). The Morgan fingerprint density at radius 2 is 1.25 bits per heavy atom. The molecule has 1 amide bonds. The minimum atomic E-state index is -1.09. The summed E-state index contributed by atoms with van der Waals surface area (Å²) in [6.45, 7) is 0.810. The van der Waals surface area contributed by atoms with E-state index in [2.05, 4.69) is 0 Å². The van der Waals surface area contributed by atoms with E-state index in [1.54, 1.807) is 41.3 Å². The lowest BCUT2D eigenvalue weighted by Gasteiger charge is -2.50. The Hall–Kier alpha value is -5.92. The number of carbonyl (C=O) groups is 1. The number of aliphatic hydroxyl groups excluding tert-OH is 1. The van der Waals surface area contributed by atoms with E-state index in [0.717, 1.165) is 22.3 Å². The van der Waals surface area contributed by atoms with Gasteiger partial charge >= 0.3 is 0 Å². The summed E-state index contributed by atoms with van der Waals surface area (Å²) in [6, 6.07) is 45.9. The Labute approximate surface area is 297 Å². The normalized spacial score (nSPS) is 16.0. The molecule has 1 saturated heterocycles. The lowest BCUT2D eigenvalue weighted by atomic mass is 9.68. The van der Waals surface area contributed by atoms with Crippen LogP contribution in [0.15, 0.2) is 152 Å². The fourth-order valence-electron chi connectivity index (χ4n) is 6.70. The molecule has 1 heterocycles. The number of hydrogen-bond donors (Lipinski definition) is 2. The van der Waals surface area contributed by atoms with Crippen LogP contribution >= 0.6 is 0 Å². The molecule has 2 N–H and O–H groups in total. The van der Waals surface area contributed by atoms with Crippen LogP contribution in [0.3, 0.4) is 0 Å². The molecule has 256 valence electrons. The van der Waals surface area contributed by atoms with Crippen LogP contribution in [0.4, 0.5) is 10.1 Å². The number of aliphatic hydroxyl groups is 1. The quantitative estimate of drug-likeness (QED) is 0.119. The Morgan fingerprint density at radius 1 is 0.686 bits per heavy atom. The third kappa shape index (κ3) is 7.21. The number of halogens is 1. The van der Waals surface area contributed by atoms with Crippen molar-refractivity contribution in [1.82, 2.24) is 0 Å². The van der Waals surface area contributed by atoms with E-state index in [1.807, 2.05) is 103 Å². The zero-order valence-corrected chi connectivity index (χ0v) is 28.0. The van der Waals surface area contributed by atoms with Gasteiger partial charge in [0.1, 0.15) is 24.8 Å². The van der Waals surface area contributed by atoms with Gasteiger partial charge in [0.15, 0.2) is 11.5 Å². The topological polar surface area (TPSA) is 79.2 Å². The third-order valence-electron chi connectivity index (χ3n) is 9.51. The molecule has 0 spiro atoms. The average Bonchev–Trinajstić information content (AvgIpc) is 3.17. The first kappa shape index (κ1) is 33.6. The highest BCUT2D eigenvalue weighted by atomic mass is 19.1. The summed E-state index contributed by atoms with van der Waals surface area (Å²) in [6.07, 6.45) is -0.410. The summed E-state index contributed by atoms with van der Waals surface area (Å²) in [5, 5.41) is 21.2. The first-order valence-corrected chi connectivity index (χ1v) is 17.0. The Morgan fingerprint density at radius 3 is 1.84 bits per heavy atom. The van der Waals surface area contributed by atoms with Crippen molar-refractivity contribution in [2.75, 3.05) is 11.4 Å². The minimum Gasteiger partial charge on any atom is -0.508 e. The molecule has 6 aromatic rings. The molecule has 6 nitrogen and oxygen atoms in total. The highest BCUT2D eigenvalue weighted by Crippen LogP contribution is 2.52. The van der Waals surface area contributed by atoms with Gasteiger partial charge in [-0.25, -0.2) is 4.39 Å². The summed E-state index contributed by atoms with van der Waals surface area (Å²) in [7, 11) is 0. The number of ether oxygens (including phenoxy) is 2. The van der Waals surface area contributed by atoms with Gasteiger partial charge in [0.05, 0.1) is 11.5 Å². The van der Waals surface area contributed by atoms with Crippen LogP contribution in [0, 0.1) is 5.82 Å². The molecule has 51 heavy (non-hydrogen) atoms. The number of benzene rings is 6. The number of nitrogens with zero attached hydrogens (tertiary/aromatic N) is 1. The van der Waals surface area contributed by atoms with E-state index in [9.17, 15) is 19.4 Å². The van der Waals surface area contributed by atoms with Gasteiger partial charge in [-0.15, -0.1) is 0 Å². The summed E-state index contributed by atoms with van der Waals surface area (Å²) in [4.78, 5) is 16.4. The first-order chi connectivity index (χ1) is 24.9. The maximum absolute atomic E-state index is 14.7. The van der Waals surface area contributed by atoms with Crippen LogP contribution in [0.5, 0.6) is 17.2 Å². The van der Waals surface area contributed by atoms with Crippen LogP contribution in [0.25, 0.3) is 11.1 Å². The van der Waals surface area contributed by atoms with E-state index in [1.165, 1.54) is 12.1 Å². The second-order valence-electron chi connectivity index (χ2n) is 12.8. The van der Waals surface area contributed by atoms with Gasteiger partial charge in [-0.3, -0.25) is 4.79 Å². The van der Waals surface area contributed by atoms with Gasteiger partial charge in [0.2, 0.25) is 5.91 Å². The predicted octanol–water partition coefficient (Wildman–Crippen LogP) is 9.15. The number of anilines is 1. The van der Waals surface area contributed by atoms with Crippen molar-refractivity contribution < 1.29 is 28.9 Å². The Balaban J connectivity index is 1.35. The summed E-state index contributed by atoms with van der Waals surface area (Å²) >= 11 is 0. The van der Waals surface area contributed by atoms with Crippen LogP contribution in [-0.2, 0) is 23.4 Å². The SMILES string of the molecule is O=C1N(c2ccc(O)cc2)CC1(CC[C@H](O)c1ccc(F)cc1)c1ccc(-c2ccccc2)c(OCc2ccccc2)c1OCc1ccccc1. The van der Waals surface area contributed by atoms with Gasteiger partial charge in [0.25, 0.3) is 0 Å². The number of rotatable bonds is 13. The highest BCUT2D eigenvalue weighted by Gasteiger charge is 2.55. The number of hydrogen-bond acceptors (Lipinski definition) is 5. The molecule has 2 atom stereocenters. The molecule has 6 aromatic carbocycles. The molecule has 1 aliphatic rings. The van der Waals surface area contributed by atoms with Crippen molar-refractivity contribution >= 4 is 11.6 Å². The van der Waals surface area contributed by atoms with Crippen LogP contribution in [0.2, 0.25) is 0 Å². The second-order valence-corrected chi connectivity index (χ2v) is 12.8. The van der Waals surface area contributed by atoms with Crippen molar-refractivity contribution in [3.63, 3.8) is 0 Å². The predicted molar refractivity (Wildman–Crippen MR) is 196 cm³/mol. The molecule has 0 bridgehead atoms. The van der Waals surface area contributed by atoms with E-state index in [4.69, 9.17) is 9.47 Å². The zero-order valence-electron chi connectivity index (χ0n) is 28.0. The summed E-state index contributed by atoms with van der Waals surface area (Å²) < 4.78 is 27.2. The zero-order chi connectivity index (χ0) is 35.2. The molecule has 1 fully saturated rings. The molecule has 0 aliphatic carbocycles. The van der Waals surface area contributed by atoms with E-state index in [0.29, 0.717) is 34.9 Å². The Kier molecular flexibility index (Phi) is 9.81. The molecule has 1 aliphatic heterocycles. The molecule has 0 saturated carbocycles. The maximum atomic E-state index is 14.7. The number of aromatic hydroxyl groups is 1. The average molecular weight is 680 g/mol. The number of amides is 1. The van der Waals surface area contributed by atoms with Crippen LogP contribution in [-0.4, -0.2) is 22.7 Å². The van der Waals surface area contributed by atoms with Gasteiger partial charge in [-0.05, 0) is 71.5 Å². The fraction of sp³-hybridized carbons (Fsp3) is 0.159. The van der Waals surface area contributed by atoms with E-state index < -0.39 is 11.5 Å². The number of β-lactam (4-membered cyclic amide) rings is 1. The maximum Gasteiger partial charge on any atom is 0.239 e. The van der Waals surface area contributed by atoms with Gasteiger partial charge < -0.3 is 24.6 Å². The van der Waals surface area contributed by atoms with Crippen LogP contribution in [0.1, 0.15) is 41.2 Å². The van der Waals surface area contributed by atoms with Crippen LogP contribution < -0.4 is 14.4 Å². The van der Waals surface area contributed by atoms with Crippen molar-refractivity contribution in [2.24, 2.45) is 0 Å². The van der Waals surface area contributed by atoms with E-state index >= 15 is 0 Å². The molecule has 0 aromatic heterocycles. The molecule has 1 unspecified atom stereocenters. The smallest absolute Gasteiger partial charge is 0.239 e. The third-order valence-corrected chi connectivity index (χ3v) is 9.51. The van der Waals surface area contributed by atoms with Crippen molar-refractivity contribution in [3.05, 3.63) is 180 Å². The van der Waals surface area contributed by atoms with Crippen molar-refractivity contribution in [1.29, 1.82) is 0 Å². The van der Waals surface area contributed by atoms with Gasteiger partial charge in [-0.2, -0.15) is 0 Å². The lowest BCUT2D eigenvalue weighted by molar-refractivity contribution is -0.130. The minimum absolute atomic E-state index is 0.105. The first-order valence-electron chi connectivity index (χ1n) is 17.0. The largest absolute Gasteiger partial charge is 0.508 e. The molecular weight excluding hydrogens is 641 g/mol. The lowest BCUT2D eigenvalue weighted by Crippen LogP contribution is -2.64. The monoisotopic (exact) mass is 679 g/mol. The second kappa shape index (κ2) is 14.9. The standard InChI is InChI=1S/C44H38FNO5/c45-35-18-16-34(17-19-35)40(48)26-27-44(30-46(43(44)49)36-20-22-37(47)23-21-36)39-25-24-38(33-14-8-3-9-15-33)41(50-28-31-10-4-1-5-11-31)42(39)51-29-32-12-6-2-7-13-32/h1-25,40,47-48H,26-30H2/t40-,44?/m0/s1. The number of phenols is 1.